The molecule has 2 heterocycles. The van der Waals surface area contributed by atoms with Gasteiger partial charge in [0.25, 0.3) is 0 Å². The lowest BCUT2D eigenvalue weighted by Crippen LogP contribution is -2.33. The minimum Gasteiger partial charge on any atom is -0.494 e. The van der Waals surface area contributed by atoms with E-state index in [9.17, 15) is 9.18 Å². The standard InChI is InChI=1S/C21H20FNO3/c1-2-25-16-7-8-18-17-9-10-23(12-14-3-5-15(22)6-4-14)13-19(17)21(24)26-20(18)11-16/h3-8,11H,2,9-10,12-13H2,1H3. The lowest BCUT2D eigenvalue weighted by Gasteiger charge is -2.28. The molecule has 4 rings (SSSR count). The summed E-state index contributed by atoms with van der Waals surface area (Å²) in [5.41, 5.74) is 3.10. The van der Waals surface area contributed by atoms with E-state index in [0.29, 0.717) is 31.0 Å². The molecule has 1 aromatic heterocycles. The Balaban J connectivity index is 1.63. The van der Waals surface area contributed by atoms with Crippen LogP contribution in [0, 0.1) is 5.82 Å². The zero-order valence-electron chi connectivity index (χ0n) is 14.6. The minimum atomic E-state index is -0.287. The Morgan fingerprint density at radius 3 is 2.73 bits per heavy atom. The van der Waals surface area contributed by atoms with Gasteiger partial charge in [-0.05, 0) is 48.7 Å². The van der Waals surface area contributed by atoms with Crippen LogP contribution in [0.2, 0.25) is 0 Å². The smallest absolute Gasteiger partial charge is 0.341 e. The van der Waals surface area contributed by atoms with Gasteiger partial charge in [-0.1, -0.05) is 12.1 Å². The predicted molar refractivity (Wildman–Crippen MR) is 97.9 cm³/mol. The van der Waals surface area contributed by atoms with E-state index in [4.69, 9.17) is 9.15 Å². The van der Waals surface area contributed by atoms with Gasteiger partial charge in [0.1, 0.15) is 17.1 Å². The van der Waals surface area contributed by atoms with Crippen LogP contribution in [-0.2, 0) is 19.5 Å². The average molecular weight is 353 g/mol. The van der Waals surface area contributed by atoms with Crippen LogP contribution in [0.25, 0.3) is 11.0 Å². The van der Waals surface area contributed by atoms with Crippen molar-refractivity contribution in [3.8, 4) is 5.75 Å². The highest BCUT2D eigenvalue weighted by atomic mass is 19.1. The lowest BCUT2D eigenvalue weighted by molar-refractivity contribution is 0.241. The summed E-state index contributed by atoms with van der Waals surface area (Å²) in [5.74, 6) is 0.466. The SMILES string of the molecule is CCOc1ccc2c3c(c(=O)oc2c1)CN(Cc1ccc(F)cc1)CC3. The molecule has 2 aromatic carbocycles. The molecule has 0 spiro atoms. The Kier molecular flexibility index (Phi) is 4.47. The van der Waals surface area contributed by atoms with E-state index in [2.05, 4.69) is 4.90 Å². The van der Waals surface area contributed by atoms with Crippen molar-refractivity contribution in [3.05, 3.63) is 75.4 Å². The summed E-state index contributed by atoms with van der Waals surface area (Å²) in [4.78, 5) is 14.7. The van der Waals surface area contributed by atoms with E-state index in [0.717, 1.165) is 35.0 Å². The van der Waals surface area contributed by atoms with Crippen LogP contribution >= 0.6 is 0 Å². The molecule has 0 fully saturated rings. The van der Waals surface area contributed by atoms with Gasteiger partial charge < -0.3 is 9.15 Å². The Morgan fingerprint density at radius 2 is 1.96 bits per heavy atom. The van der Waals surface area contributed by atoms with E-state index in [1.54, 1.807) is 18.2 Å². The maximum absolute atomic E-state index is 13.1. The second kappa shape index (κ2) is 6.92. The molecule has 0 radical (unpaired) electrons. The molecule has 0 unspecified atom stereocenters. The minimum absolute atomic E-state index is 0.240. The maximum atomic E-state index is 13.1. The number of hydrogen-bond acceptors (Lipinski definition) is 4. The molecule has 0 bridgehead atoms. The van der Waals surface area contributed by atoms with E-state index >= 15 is 0 Å². The highest BCUT2D eigenvalue weighted by Gasteiger charge is 2.23. The van der Waals surface area contributed by atoms with Crippen LogP contribution in [0.15, 0.2) is 51.7 Å². The molecule has 134 valence electrons. The van der Waals surface area contributed by atoms with Gasteiger partial charge in [0.15, 0.2) is 0 Å². The Bertz CT molecular complexity index is 995. The zero-order valence-corrected chi connectivity index (χ0v) is 14.6. The van der Waals surface area contributed by atoms with Gasteiger partial charge >= 0.3 is 5.63 Å². The van der Waals surface area contributed by atoms with Gasteiger partial charge in [-0.2, -0.15) is 0 Å². The van der Waals surface area contributed by atoms with Crippen molar-refractivity contribution >= 4 is 11.0 Å². The van der Waals surface area contributed by atoms with Crippen molar-refractivity contribution in [1.82, 2.24) is 4.90 Å². The fourth-order valence-electron chi connectivity index (χ4n) is 3.54. The lowest BCUT2D eigenvalue weighted by atomic mass is 9.97. The number of rotatable bonds is 4. The quantitative estimate of drug-likeness (QED) is 0.668. The maximum Gasteiger partial charge on any atom is 0.341 e. The van der Waals surface area contributed by atoms with Gasteiger partial charge in [0.2, 0.25) is 0 Å². The first-order valence-corrected chi connectivity index (χ1v) is 8.82. The van der Waals surface area contributed by atoms with Gasteiger partial charge in [0, 0.05) is 31.1 Å². The normalized spacial score (nSPS) is 14.4. The van der Waals surface area contributed by atoms with Crippen LogP contribution < -0.4 is 10.4 Å². The fourth-order valence-corrected chi connectivity index (χ4v) is 3.54. The summed E-state index contributed by atoms with van der Waals surface area (Å²) in [5, 5.41) is 0.976. The molecule has 0 atom stereocenters. The van der Waals surface area contributed by atoms with Crippen LogP contribution in [0.4, 0.5) is 4.39 Å². The first kappa shape index (κ1) is 16.8. The third-order valence-electron chi connectivity index (χ3n) is 4.78. The van der Waals surface area contributed by atoms with E-state index in [1.165, 1.54) is 12.1 Å². The molecule has 26 heavy (non-hydrogen) atoms. The summed E-state index contributed by atoms with van der Waals surface area (Å²) >= 11 is 0. The molecule has 1 aliphatic rings. The number of benzene rings is 2. The summed E-state index contributed by atoms with van der Waals surface area (Å²) < 4.78 is 24.1. The van der Waals surface area contributed by atoms with Crippen molar-refractivity contribution in [3.63, 3.8) is 0 Å². The molecule has 1 aliphatic heterocycles. The molecule has 5 heteroatoms. The van der Waals surface area contributed by atoms with Crippen molar-refractivity contribution < 1.29 is 13.5 Å². The van der Waals surface area contributed by atoms with Gasteiger partial charge in [-0.3, -0.25) is 4.90 Å². The second-order valence-corrected chi connectivity index (χ2v) is 6.52. The van der Waals surface area contributed by atoms with Crippen LogP contribution in [0.3, 0.4) is 0 Å². The number of ether oxygens (including phenoxy) is 1. The monoisotopic (exact) mass is 353 g/mol. The summed E-state index contributed by atoms with van der Waals surface area (Å²) in [6.07, 6.45) is 0.784. The first-order chi connectivity index (χ1) is 12.6. The highest BCUT2D eigenvalue weighted by Crippen LogP contribution is 2.28. The van der Waals surface area contributed by atoms with Gasteiger partial charge in [-0.15, -0.1) is 0 Å². The van der Waals surface area contributed by atoms with Crippen LogP contribution in [0.1, 0.15) is 23.6 Å². The average Bonchev–Trinajstić information content (AvgIpc) is 2.64. The Hall–Kier alpha value is -2.66. The van der Waals surface area contributed by atoms with Crippen molar-refractivity contribution in [1.29, 1.82) is 0 Å². The molecule has 0 saturated carbocycles. The van der Waals surface area contributed by atoms with E-state index in [1.807, 2.05) is 19.1 Å². The van der Waals surface area contributed by atoms with Crippen molar-refractivity contribution in [2.75, 3.05) is 13.2 Å². The Morgan fingerprint density at radius 1 is 1.15 bits per heavy atom. The first-order valence-electron chi connectivity index (χ1n) is 8.82. The molecule has 0 N–H and O–H groups in total. The molecular formula is C21H20FNO3. The summed E-state index contributed by atoms with van der Waals surface area (Å²) in [6.45, 7) is 4.55. The zero-order chi connectivity index (χ0) is 18.1. The molecule has 3 aromatic rings. The number of hydrogen-bond donors (Lipinski definition) is 0. The summed E-state index contributed by atoms with van der Waals surface area (Å²) in [7, 11) is 0. The molecule has 0 saturated heterocycles. The molecule has 4 nitrogen and oxygen atoms in total. The number of fused-ring (bicyclic) bond motifs is 3. The van der Waals surface area contributed by atoms with E-state index in [-0.39, 0.29) is 11.4 Å². The Labute approximate surface area is 150 Å². The summed E-state index contributed by atoms with van der Waals surface area (Å²) in [6, 6.07) is 12.2. The van der Waals surface area contributed by atoms with Gasteiger partial charge in [0.05, 0.1) is 12.2 Å². The molecule has 0 amide bonds. The third-order valence-corrected chi connectivity index (χ3v) is 4.78. The van der Waals surface area contributed by atoms with Crippen LogP contribution in [-0.4, -0.2) is 18.1 Å². The molecular weight excluding hydrogens is 333 g/mol. The second-order valence-electron chi connectivity index (χ2n) is 6.52. The van der Waals surface area contributed by atoms with E-state index < -0.39 is 0 Å². The highest BCUT2D eigenvalue weighted by molar-refractivity contribution is 5.82. The third kappa shape index (κ3) is 3.22. The van der Waals surface area contributed by atoms with Gasteiger partial charge in [-0.25, -0.2) is 9.18 Å². The van der Waals surface area contributed by atoms with Crippen molar-refractivity contribution in [2.45, 2.75) is 26.4 Å². The number of halogens is 1. The predicted octanol–water partition coefficient (Wildman–Crippen LogP) is 3.89. The van der Waals surface area contributed by atoms with Crippen LogP contribution in [0.5, 0.6) is 5.75 Å². The largest absolute Gasteiger partial charge is 0.494 e. The molecule has 0 aliphatic carbocycles. The number of nitrogens with zero attached hydrogens (tertiary/aromatic N) is 1. The topological polar surface area (TPSA) is 42.7 Å². The van der Waals surface area contributed by atoms with Crippen molar-refractivity contribution in [2.24, 2.45) is 0 Å². The fraction of sp³-hybridized carbons (Fsp3) is 0.286.